The standard InChI is InChI=1S/C74H144O17P2/c1-7-9-11-13-14-15-16-17-18-21-25-28-31-34-39-45-51-57-72(77)85-63-70(91-73(78)58-52-46-40-35-32-29-26-23-20-19-22-24-27-30-33-37-43-48-54-66(3)4)65-89-93(82,83)87-61-68(75)60-86-92(80,81)88-64-69(62-84-71(76)56-50-42-12-10-8-2)90-74(79)59-53-47-41-36-38-44-49-55-67(5)6/h66-70,75H,7-65H2,1-6H3,(H,80,81)(H,82,83)/t68-,69+,70+/m0/s1. The first-order valence-electron chi connectivity index (χ1n) is 38.5. The molecule has 0 aromatic heterocycles. The molecule has 0 saturated heterocycles. The number of carbonyl (C=O) groups excluding carboxylic acids is 4. The van der Waals surface area contributed by atoms with Crippen LogP contribution < -0.4 is 0 Å². The molecule has 5 atom stereocenters. The van der Waals surface area contributed by atoms with E-state index in [4.69, 9.17) is 37.0 Å². The Hall–Kier alpha value is -1.94. The van der Waals surface area contributed by atoms with E-state index >= 15 is 0 Å². The second-order valence-corrected chi connectivity index (χ2v) is 30.5. The van der Waals surface area contributed by atoms with Crippen molar-refractivity contribution in [3.05, 3.63) is 0 Å². The van der Waals surface area contributed by atoms with Crippen molar-refractivity contribution in [1.82, 2.24) is 0 Å². The van der Waals surface area contributed by atoms with E-state index in [-0.39, 0.29) is 25.7 Å². The van der Waals surface area contributed by atoms with E-state index < -0.39 is 97.5 Å². The van der Waals surface area contributed by atoms with Gasteiger partial charge in [0, 0.05) is 25.7 Å². The summed E-state index contributed by atoms with van der Waals surface area (Å²) in [6, 6.07) is 0. The number of esters is 4. The molecule has 552 valence electrons. The first kappa shape index (κ1) is 91.1. The Bertz CT molecular complexity index is 1800. The predicted molar refractivity (Wildman–Crippen MR) is 377 cm³/mol. The molecule has 0 radical (unpaired) electrons. The highest BCUT2D eigenvalue weighted by molar-refractivity contribution is 7.47. The average molecular weight is 1370 g/mol. The number of hydrogen-bond donors (Lipinski definition) is 3. The molecule has 0 aliphatic heterocycles. The first-order chi connectivity index (χ1) is 44.9. The topological polar surface area (TPSA) is 237 Å². The number of ether oxygens (including phenoxy) is 4. The van der Waals surface area contributed by atoms with Crippen LogP contribution in [0.3, 0.4) is 0 Å². The minimum atomic E-state index is -4.95. The van der Waals surface area contributed by atoms with Crippen LogP contribution in [0.25, 0.3) is 0 Å². The Morgan fingerprint density at radius 3 is 0.731 bits per heavy atom. The molecule has 93 heavy (non-hydrogen) atoms. The van der Waals surface area contributed by atoms with E-state index in [2.05, 4.69) is 41.5 Å². The maximum atomic E-state index is 13.1. The van der Waals surface area contributed by atoms with Gasteiger partial charge in [-0.3, -0.25) is 37.3 Å². The van der Waals surface area contributed by atoms with Crippen molar-refractivity contribution in [1.29, 1.82) is 0 Å². The number of aliphatic hydroxyl groups excluding tert-OH is 1. The van der Waals surface area contributed by atoms with Gasteiger partial charge >= 0.3 is 39.5 Å². The van der Waals surface area contributed by atoms with Crippen LogP contribution in [-0.4, -0.2) is 96.7 Å². The van der Waals surface area contributed by atoms with Gasteiger partial charge in [-0.15, -0.1) is 0 Å². The molecule has 0 bridgehead atoms. The molecule has 2 unspecified atom stereocenters. The molecule has 0 amide bonds. The van der Waals surface area contributed by atoms with Gasteiger partial charge < -0.3 is 33.8 Å². The highest BCUT2D eigenvalue weighted by Crippen LogP contribution is 2.45. The summed E-state index contributed by atoms with van der Waals surface area (Å²) in [5.74, 6) is -0.616. The van der Waals surface area contributed by atoms with Crippen LogP contribution in [0.1, 0.15) is 382 Å². The number of aliphatic hydroxyl groups is 1. The minimum Gasteiger partial charge on any atom is -0.462 e. The fourth-order valence-corrected chi connectivity index (χ4v) is 12.9. The van der Waals surface area contributed by atoms with Gasteiger partial charge in [0.2, 0.25) is 0 Å². The number of phosphoric acid groups is 2. The van der Waals surface area contributed by atoms with Gasteiger partial charge in [0.05, 0.1) is 26.4 Å². The van der Waals surface area contributed by atoms with Crippen molar-refractivity contribution in [3.8, 4) is 0 Å². The quantitative estimate of drug-likeness (QED) is 0.0222. The molecule has 0 heterocycles. The first-order valence-corrected chi connectivity index (χ1v) is 41.5. The van der Waals surface area contributed by atoms with Crippen LogP contribution >= 0.6 is 15.6 Å². The van der Waals surface area contributed by atoms with E-state index in [1.165, 1.54) is 193 Å². The molecule has 0 aliphatic rings. The lowest BCUT2D eigenvalue weighted by atomic mass is 10.0. The fraction of sp³-hybridized carbons (Fsp3) is 0.946. The third kappa shape index (κ3) is 68.4. The molecule has 0 spiro atoms. The molecule has 0 aromatic rings. The number of hydrogen-bond acceptors (Lipinski definition) is 15. The lowest BCUT2D eigenvalue weighted by molar-refractivity contribution is -0.161. The van der Waals surface area contributed by atoms with E-state index in [0.717, 1.165) is 102 Å². The Morgan fingerprint density at radius 2 is 0.495 bits per heavy atom. The van der Waals surface area contributed by atoms with Crippen LogP contribution in [0.15, 0.2) is 0 Å². The molecule has 0 rings (SSSR count). The Labute approximate surface area is 568 Å². The summed E-state index contributed by atoms with van der Waals surface area (Å²) in [5.41, 5.74) is 0. The molecule has 0 aromatic carbocycles. The number of unbranched alkanes of at least 4 members (excludes halogenated alkanes) is 43. The maximum Gasteiger partial charge on any atom is 0.472 e. The van der Waals surface area contributed by atoms with E-state index in [1.54, 1.807) is 0 Å². The average Bonchev–Trinajstić information content (AvgIpc) is 1.80. The van der Waals surface area contributed by atoms with Gasteiger partial charge in [-0.1, -0.05) is 330 Å². The fourth-order valence-electron chi connectivity index (χ4n) is 11.3. The van der Waals surface area contributed by atoms with Crippen molar-refractivity contribution < 1.29 is 80.2 Å². The molecule has 0 fully saturated rings. The Balaban J connectivity index is 5.11. The van der Waals surface area contributed by atoms with Gasteiger partial charge in [0.15, 0.2) is 12.2 Å². The van der Waals surface area contributed by atoms with E-state index in [9.17, 15) is 43.2 Å². The van der Waals surface area contributed by atoms with Crippen molar-refractivity contribution in [2.75, 3.05) is 39.6 Å². The van der Waals surface area contributed by atoms with Gasteiger partial charge in [-0.05, 0) is 37.5 Å². The summed E-state index contributed by atoms with van der Waals surface area (Å²) >= 11 is 0. The number of carbonyl (C=O) groups is 4. The summed E-state index contributed by atoms with van der Waals surface area (Å²) < 4.78 is 68.2. The van der Waals surface area contributed by atoms with Crippen molar-refractivity contribution >= 4 is 39.5 Å². The van der Waals surface area contributed by atoms with Crippen LogP contribution in [0.4, 0.5) is 0 Å². The zero-order valence-electron chi connectivity index (χ0n) is 60.6. The second-order valence-electron chi connectivity index (χ2n) is 27.6. The molecule has 3 N–H and O–H groups in total. The molecule has 17 nitrogen and oxygen atoms in total. The molecule has 0 aliphatic carbocycles. The highest BCUT2D eigenvalue weighted by Gasteiger charge is 2.30. The van der Waals surface area contributed by atoms with Gasteiger partial charge in [-0.25, -0.2) is 9.13 Å². The maximum absolute atomic E-state index is 13.1. The number of rotatable bonds is 73. The van der Waals surface area contributed by atoms with Crippen LogP contribution in [-0.2, 0) is 65.4 Å². The summed E-state index contributed by atoms with van der Waals surface area (Å²) in [5, 5.41) is 10.6. The van der Waals surface area contributed by atoms with Gasteiger partial charge in [0.1, 0.15) is 19.3 Å². The lowest BCUT2D eigenvalue weighted by Gasteiger charge is -2.21. The smallest absolute Gasteiger partial charge is 0.462 e. The summed E-state index contributed by atoms with van der Waals surface area (Å²) in [4.78, 5) is 72.4. The number of phosphoric ester groups is 2. The molecule has 0 saturated carbocycles. The van der Waals surface area contributed by atoms with Crippen LogP contribution in [0.5, 0.6) is 0 Å². The monoisotopic (exact) mass is 1370 g/mol. The van der Waals surface area contributed by atoms with E-state index in [0.29, 0.717) is 31.6 Å². The summed E-state index contributed by atoms with van der Waals surface area (Å²) in [6.45, 7) is 9.46. The van der Waals surface area contributed by atoms with Crippen molar-refractivity contribution in [3.63, 3.8) is 0 Å². The predicted octanol–water partition coefficient (Wildman–Crippen LogP) is 21.6. The summed E-state index contributed by atoms with van der Waals surface area (Å²) in [7, 11) is -9.89. The Morgan fingerprint density at radius 1 is 0.290 bits per heavy atom. The highest BCUT2D eigenvalue weighted by atomic mass is 31.2. The van der Waals surface area contributed by atoms with Crippen LogP contribution in [0, 0.1) is 11.8 Å². The van der Waals surface area contributed by atoms with E-state index in [1.807, 2.05) is 0 Å². The van der Waals surface area contributed by atoms with Crippen molar-refractivity contribution in [2.45, 2.75) is 400 Å². The zero-order chi connectivity index (χ0) is 68.6. The lowest BCUT2D eigenvalue weighted by Crippen LogP contribution is -2.30. The minimum absolute atomic E-state index is 0.103. The normalized spacial score (nSPS) is 14.1. The molecule has 19 heteroatoms. The second kappa shape index (κ2) is 66.0. The SMILES string of the molecule is CCCCCCCCCCCCCCCCCCCC(=O)OC[C@H](COP(=O)(O)OC[C@@H](O)COP(=O)(O)OC[C@@H](COC(=O)CCCCCCC)OC(=O)CCCCCCCCCC(C)C)OC(=O)CCCCCCCCCCCCCCCCCCCCC(C)C. The molecular formula is C74H144O17P2. The third-order valence-corrected chi connectivity index (χ3v) is 19.1. The third-order valence-electron chi connectivity index (χ3n) is 17.2. The summed E-state index contributed by atoms with van der Waals surface area (Å²) in [6.07, 6.45) is 53.4. The zero-order valence-corrected chi connectivity index (χ0v) is 62.3. The van der Waals surface area contributed by atoms with Crippen molar-refractivity contribution in [2.24, 2.45) is 11.8 Å². The van der Waals surface area contributed by atoms with Gasteiger partial charge in [-0.2, -0.15) is 0 Å². The van der Waals surface area contributed by atoms with Gasteiger partial charge in [0.25, 0.3) is 0 Å². The largest absolute Gasteiger partial charge is 0.472 e. The molecular weight excluding hydrogens is 1220 g/mol. The van der Waals surface area contributed by atoms with Crippen LogP contribution in [0.2, 0.25) is 0 Å². The Kier molecular flexibility index (Phi) is 64.6.